The van der Waals surface area contributed by atoms with Gasteiger partial charge < -0.3 is 15.4 Å². The molecule has 0 amide bonds. The van der Waals surface area contributed by atoms with Crippen LogP contribution in [0.15, 0.2) is 12.1 Å². The van der Waals surface area contributed by atoms with Crippen molar-refractivity contribution in [2.45, 2.75) is 39.3 Å². The Labute approximate surface area is 116 Å². The Morgan fingerprint density at radius 1 is 1.35 bits per heavy atom. The smallest absolute Gasteiger partial charge is 0.387 e. The lowest BCUT2D eigenvalue weighted by molar-refractivity contribution is -0.0521. The maximum atomic E-state index is 13.6. The molecule has 3 nitrogen and oxygen atoms in total. The van der Waals surface area contributed by atoms with Crippen molar-refractivity contribution in [3.8, 4) is 5.75 Å². The Kier molecular flexibility index (Phi) is 4.30. The standard InChI is InChI=1S/C14H19F3N2O/c1-8(2)7-19(9-3-4-9)12-6-13(20-14(16)17)10(15)5-11(12)18/h5-6,8-9,14H,3-4,7,18H2,1-2H3. The summed E-state index contributed by atoms with van der Waals surface area (Å²) in [5.74, 6) is -0.940. The van der Waals surface area contributed by atoms with E-state index < -0.39 is 18.2 Å². The van der Waals surface area contributed by atoms with E-state index >= 15 is 0 Å². The van der Waals surface area contributed by atoms with Crippen LogP contribution in [0.1, 0.15) is 26.7 Å². The molecule has 1 aromatic rings. The number of nitrogens with two attached hydrogens (primary N) is 1. The highest BCUT2D eigenvalue weighted by atomic mass is 19.3. The second-order valence-corrected chi connectivity index (χ2v) is 5.50. The highest BCUT2D eigenvalue weighted by molar-refractivity contribution is 5.71. The summed E-state index contributed by atoms with van der Waals surface area (Å²) in [6.45, 7) is 1.81. The lowest BCUT2D eigenvalue weighted by Crippen LogP contribution is -2.30. The number of alkyl halides is 2. The maximum absolute atomic E-state index is 13.6. The van der Waals surface area contributed by atoms with Gasteiger partial charge in [-0.2, -0.15) is 8.78 Å². The number of hydrogen-bond acceptors (Lipinski definition) is 3. The first-order chi connectivity index (χ1) is 9.38. The van der Waals surface area contributed by atoms with Gasteiger partial charge >= 0.3 is 6.61 Å². The highest BCUT2D eigenvalue weighted by Crippen LogP contribution is 2.38. The third kappa shape index (κ3) is 3.49. The molecule has 0 atom stereocenters. The van der Waals surface area contributed by atoms with Crippen molar-refractivity contribution >= 4 is 11.4 Å². The van der Waals surface area contributed by atoms with Crippen LogP contribution in [0, 0.1) is 11.7 Å². The average Bonchev–Trinajstić information content (AvgIpc) is 3.13. The lowest BCUT2D eigenvalue weighted by atomic mass is 10.1. The molecule has 6 heteroatoms. The Balaban J connectivity index is 2.32. The first-order valence-electron chi connectivity index (χ1n) is 6.69. The van der Waals surface area contributed by atoms with E-state index in [1.165, 1.54) is 6.07 Å². The van der Waals surface area contributed by atoms with Gasteiger partial charge in [0.2, 0.25) is 0 Å². The zero-order valence-electron chi connectivity index (χ0n) is 11.6. The minimum absolute atomic E-state index is 0.247. The van der Waals surface area contributed by atoms with Crippen molar-refractivity contribution in [1.29, 1.82) is 0 Å². The van der Waals surface area contributed by atoms with E-state index in [4.69, 9.17) is 5.73 Å². The normalized spacial score (nSPS) is 14.9. The molecular weight excluding hydrogens is 269 g/mol. The monoisotopic (exact) mass is 288 g/mol. The van der Waals surface area contributed by atoms with Gasteiger partial charge in [-0.25, -0.2) is 4.39 Å². The maximum Gasteiger partial charge on any atom is 0.387 e. The SMILES string of the molecule is CC(C)CN(c1cc(OC(F)F)c(F)cc1N)C1CC1. The van der Waals surface area contributed by atoms with Crippen LogP contribution < -0.4 is 15.4 Å². The predicted molar refractivity (Wildman–Crippen MR) is 72.7 cm³/mol. The number of ether oxygens (including phenoxy) is 1. The van der Waals surface area contributed by atoms with Gasteiger partial charge in [-0.15, -0.1) is 0 Å². The summed E-state index contributed by atoms with van der Waals surface area (Å²) in [4.78, 5) is 2.05. The van der Waals surface area contributed by atoms with E-state index in [9.17, 15) is 13.2 Å². The van der Waals surface area contributed by atoms with Crippen molar-refractivity contribution in [1.82, 2.24) is 0 Å². The molecule has 0 saturated heterocycles. The van der Waals surface area contributed by atoms with E-state index in [-0.39, 0.29) is 5.69 Å². The molecule has 0 unspecified atom stereocenters. The second kappa shape index (κ2) is 5.81. The van der Waals surface area contributed by atoms with Crippen LogP contribution in [0.4, 0.5) is 24.5 Å². The number of nitrogen functional groups attached to an aromatic ring is 1. The molecule has 0 aliphatic heterocycles. The fraction of sp³-hybridized carbons (Fsp3) is 0.571. The van der Waals surface area contributed by atoms with Crippen molar-refractivity contribution in [3.05, 3.63) is 17.9 Å². The fourth-order valence-corrected chi connectivity index (χ4v) is 2.22. The van der Waals surface area contributed by atoms with Crippen LogP contribution in [-0.4, -0.2) is 19.2 Å². The van der Waals surface area contributed by atoms with E-state index in [0.29, 0.717) is 17.6 Å². The number of nitrogens with zero attached hydrogens (tertiary/aromatic N) is 1. The zero-order chi connectivity index (χ0) is 14.9. The number of halogens is 3. The third-order valence-corrected chi connectivity index (χ3v) is 3.16. The van der Waals surface area contributed by atoms with Crippen LogP contribution in [0.25, 0.3) is 0 Å². The summed E-state index contributed by atoms with van der Waals surface area (Å²) in [5, 5.41) is 0. The van der Waals surface area contributed by atoms with Crippen molar-refractivity contribution < 1.29 is 17.9 Å². The van der Waals surface area contributed by atoms with Gasteiger partial charge in [0.1, 0.15) is 0 Å². The van der Waals surface area contributed by atoms with Crippen LogP contribution in [-0.2, 0) is 0 Å². The summed E-state index contributed by atoms with van der Waals surface area (Å²) in [7, 11) is 0. The highest BCUT2D eigenvalue weighted by Gasteiger charge is 2.31. The van der Waals surface area contributed by atoms with Gasteiger partial charge in [-0.1, -0.05) is 13.8 Å². The first-order valence-corrected chi connectivity index (χ1v) is 6.69. The molecule has 0 bridgehead atoms. The number of anilines is 2. The molecule has 1 saturated carbocycles. The lowest BCUT2D eigenvalue weighted by Gasteiger charge is -2.28. The number of benzene rings is 1. The summed E-state index contributed by atoms with van der Waals surface area (Å²) < 4.78 is 42.3. The molecule has 1 aliphatic carbocycles. The van der Waals surface area contributed by atoms with E-state index in [2.05, 4.69) is 23.5 Å². The first kappa shape index (κ1) is 14.8. The quantitative estimate of drug-likeness (QED) is 0.812. The third-order valence-electron chi connectivity index (χ3n) is 3.16. The summed E-state index contributed by atoms with van der Waals surface area (Å²) >= 11 is 0. The predicted octanol–water partition coefficient (Wildman–Crippen LogP) is 3.63. The van der Waals surface area contributed by atoms with Gasteiger partial charge in [0.05, 0.1) is 11.4 Å². The number of hydrogen-bond donors (Lipinski definition) is 1. The van der Waals surface area contributed by atoms with Crippen molar-refractivity contribution in [3.63, 3.8) is 0 Å². The van der Waals surface area contributed by atoms with Crippen molar-refractivity contribution in [2.75, 3.05) is 17.2 Å². The molecule has 0 spiro atoms. The van der Waals surface area contributed by atoms with E-state index in [1.807, 2.05) is 0 Å². The largest absolute Gasteiger partial charge is 0.432 e. The summed E-state index contributed by atoms with van der Waals surface area (Å²) in [6, 6.07) is 2.67. The number of rotatable bonds is 6. The average molecular weight is 288 g/mol. The molecule has 112 valence electrons. The molecule has 0 aromatic heterocycles. The Morgan fingerprint density at radius 3 is 2.50 bits per heavy atom. The van der Waals surface area contributed by atoms with Crippen molar-refractivity contribution in [2.24, 2.45) is 5.92 Å². The molecule has 2 N–H and O–H groups in total. The Bertz CT molecular complexity index is 476. The second-order valence-electron chi connectivity index (χ2n) is 5.50. The van der Waals surface area contributed by atoms with E-state index in [1.54, 1.807) is 0 Å². The van der Waals surface area contributed by atoms with Crippen LogP contribution >= 0.6 is 0 Å². The van der Waals surface area contributed by atoms with Crippen LogP contribution in [0.3, 0.4) is 0 Å². The summed E-state index contributed by atoms with van der Waals surface area (Å²) in [6.07, 6.45) is 2.07. The Morgan fingerprint density at radius 2 is 2.00 bits per heavy atom. The molecule has 1 aromatic carbocycles. The molecule has 0 radical (unpaired) electrons. The molecule has 20 heavy (non-hydrogen) atoms. The summed E-state index contributed by atoms with van der Waals surface area (Å²) in [5.41, 5.74) is 6.65. The minimum atomic E-state index is -3.06. The van der Waals surface area contributed by atoms with E-state index in [0.717, 1.165) is 25.5 Å². The minimum Gasteiger partial charge on any atom is -0.432 e. The molecule has 1 fully saturated rings. The van der Waals surface area contributed by atoms with Gasteiger partial charge in [-0.05, 0) is 18.8 Å². The van der Waals surface area contributed by atoms with Crippen LogP contribution in [0.2, 0.25) is 0 Å². The van der Waals surface area contributed by atoms with Gasteiger partial charge in [0.25, 0.3) is 0 Å². The Hall–Kier alpha value is -1.59. The molecule has 2 rings (SSSR count). The topological polar surface area (TPSA) is 38.5 Å². The fourth-order valence-electron chi connectivity index (χ4n) is 2.22. The zero-order valence-corrected chi connectivity index (χ0v) is 11.6. The molecule has 1 aliphatic rings. The van der Waals surface area contributed by atoms with Gasteiger partial charge in [-0.3, -0.25) is 0 Å². The van der Waals surface area contributed by atoms with Crippen LogP contribution in [0.5, 0.6) is 5.75 Å². The van der Waals surface area contributed by atoms with Gasteiger partial charge in [0, 0.05) is 24.7 Å². The molecular formula is C14H19F3N2O. The molecule has 0 heterocycles. The van der Waals surface area contributed by atoms with Gasteiger partial charge in [0.15, 0.2) is 11.6 Å².